The number of amides is 1. The first-order chi connectivity index (χ1) is 6.45. The van der Waals surface area contributed by atoms with Gasteiger partial charge in [0.2, 0.25) is 5.82 Å². The topological polar surface area (TPSA) is 54.9 Å². The Bertz CT molecular complexity index is 341. The monoisotopic (exact) mass is 193 g/mol. The van der Waals surface area contributed by atoms with Crippen LogP contribution in [0.4, 0.5) is 0 Å². The third-order valence-electron chi connectivity index (χ3n) is 1.85. The van der Waals surface area contributed by atoms with Crippen molar-refractivity contribution in [2.24, 2.45) is 0 Å². The largest absolute Gasteiger partial charge is 0.352 e. The molecule has 0 radical (unpaired) electrons. The Morgan fingerprint density at radius 1 is 1.43 bits per heavy atom. The number of nitrogens with one attached hydrogen (secondary N) is 1. The van der Waals surface area contributed by atoms with Crippen molar-refractivity contribution in [1.82, 2.24) is 15.3 Å². The molecule has 0 bridgehead atoms. The molecule has 0 aliphatic carbocycles. The zero-order chi connectivity index (χ0) is 10.8. The molecule has 1 heterocycles. The molecule has 4 nitrogen and oxygen atoms in total. The van der Waals surface area contributed by atoms with Gasteiger partial charge in [0.05, 0.1) is 0 Å². The van der Waals surface area contributed by atoms with E-state index in [1.54, 1.807) is 13.2 Å². The van der Waals surface area contributed by atoms with Gasteiger partial charge in [-0.1, -0.05) is 20.8 Å². The maximum atomic E-state index is 11.3. The summed E-state index contributed by atoms with van der Waals surface area (Å²) < 4.78 is 0. The lowest BCUT2D eigenvalue weighted by Crippen LogP contribution is -2.23. The van der Waals surface area contributed by atoms with Crippen molar-refractivity contribution in [3.8, 4) is 0 Å². The minimum Gasteiger partial charge on any atom is -0.352 e. The molecule has 0 atom stereocenters. The van der Waals surface area contributed by atoms with Gasteiger partial charge >= 0.3 is 0 Å². The van der Waals surface area contributed by atoms with Gasteiger partial charge < -0.3 is 5.32 Å². The average Bonchev–Trinajstić information content (AvgIpc) is 2.15. The lowest BCUT2D eigenvalue weighted by atomic mass is 9.92. The summed E-state index contributed by atoms with van der Waals surface area (Å²) in [5.41, 5.74) is 0.803. The summed E-state index contributed by atoms with van der Waals surface area (Å²) in [5, 5.41) is 2.50. The highest BCUT2D eigenvalue weighted by Crippen LogP contribution is 2.18. The zero-order valence-electron chi connectivity index (χ0n) is 8.96. The summed E-state index contributed by atoms with van der Waals surface area (Å²) in [5.74, 6) is -0.0315. The van der Waals surface area contributed by atoms with Gasteiger partial charge in [0.1, 0.15) is 0 Å². The number of hydrogen-bond acceptors (Lipinski definition) is 3. The van der Waals surface area contributed by atoms with Crippen molar-refractivity contribution < 1.29 is 4.79 Å². The summed E-state index contributed by atoms with van der Waals surface area (Å²) >= 11 is 0. The highest BCUT2D eigenvalue weighted by atomic mass is 16.2. The summed E-state index contributed by atoms with van der Waals surface area (Å²) in [7, 11) is 1.56. The maximum Gasteiger partial charge on any atom is 0.288 e. The first-order valence-corrected chi connectivity index (χ1v) is 4.51. The highest BCUT2D eigenvalue weighted by molar-refractivity contribution is 5.90. The van der Waals surface area contributed by atoms with Crippen molar-refractivity contribution in [3.63, 3.8) is 0 Å². The summed E-state index contributed by atoms with van der Waals surface area (Å²) in [4.78, 5) is 19.3. The van der Waals surface area contributed by atoms with Crippen LogP contribution in [0.5, 0.6) is 0 Å². The van der Waals surface area contributed by atoms with E-state index in [2.05, 4.69) is 15.3 Å². The Balaban J connectivity index is 3.08. The molecule has 0 unspecified atom stereocenters. The van der Waals surface area contributed by atoms with E-state index >= 15 is 0 Å². The third-order valence-corrected chi connectivity index (χ3v) is 1.85. The van der Waals surface area contributed by atoms with Gasteiger partial charge in [-0.2, -0.15) is 0 Å². The average molecular weight is 193 g/mol. The second-order valence-corrected chi connectivity index (χ2v) is 4.09. The molecule has 1 aromatic rings. The molecule has 1 aromatic heterocycles. The van der Waals surface area contributed by atoms with Gasteiger partial charge in [-0.05, 0) is 6.07 Å². The van der Waals surface area contributed by atoms with Crippen molar-refractivity contribution >= 4 is 5.91 Å². The number of rotatable bonds is 1. The summed E-state index contributed by atoms with van der Waals surface area (Å²) in [6, 6.07) is 1.83. The van der Waals surface area contributed by atoms with Crippen LogP contribution in [0.25, 0.3) is 0 Å². The van der Waals surface area contributed by atoms with Gasteiger partial charge in [-0.15, -0.1) is 0 Å². The van der Waals surface area contributed by atoms with Crippen LogP contribution in [0, 0.1) is 0 Å². The van der Waals surface area contributed by atoms with Gasteiger partial charge in [-0.25, -0.2) is 9.97 Å². The first-order valence-electron chi connectivity index (χ1n) is 4.51. The smallest absolute Gasteiger partial charge is 0.288 e. The molecule has 0 aromatic carbocycles. The SMILES string of the molecule is CNC(=O)c1nccc(C(C)(C)C)n1. The Morgan fingerprint density at radius 2 is 2.07 bits per heavy atom. The Morgan fingerprint density at radius 3 is 2.57 bits per heavy atom. The lowest BCUT2D eigenvalue weighted by molar-refractivity contribution is 0.0952. The lowest BCUT2D eigenvalue weighted by Gasteiger charge is -2.17. The molecule has 1 N–H and O–H groups in total. The molecule has 14 heavy (non-hydrogen) atoms. The predicted octanol–water partition coefficient (Wildman–Crippen LogP) is 1.13. The molecule has 76 valence electrons. The molecule has 0 saturated heterocycles. The van der Waals surface area contributed by atoms with E-state index in [1.165, 1.54) is 0 Å². The molecular weight excluding hydrogens is 178 g/mol. The van der Waals surface area contributed by atoms with E-state index in [9.17, 15) is 4.79 Å². The van der Waals surface area contributed by atoms with Crippen molar-refractivity contribution in [2.75, 3.05) is 7.05 Å². The number of nitrogens with zero attached hydrogens (tertiary/aromatic N) is 2. The second kappa shape index (κ2) is 3.74. The predicted molar refractivity (Wildman–Crippen MR) is 54.1 cm³/mol. The fourth-order valence-electron chi connectivity index (χ4n) is 0.998. The van der Waals surface area contributed by atoms with Crippen LogP contribution in [-0.2, 0) is 5.41 Å². The van der Waals surface area contributed by atoms with Crippen LogP contribution in [0.15, 0.2) is 12.3 Å². The van der Waals surface area contributed by atoms with Crippen LogP contribution in [0.2, 0.25) is 0 Å². The summed E-state index contributed by atoms with van der Waals surface area (Å²) in [6.07, 6.45) is 1.61. The van der Waals surface area contributed by atoms with E-state index in [0.29, 0.717) is 0 Å². The maximum absolute atomic E-state index is 11.3. The van der Waals surface area contributed by atoms with Gasteiger partial charge in [0.15, 0.2) is 0 Å². The number of carbonyl (C=O) groups excluding carboxylic acids is 1. The Labute approximate surface area is 83.8 Å². The molecule has 0 aliphatic rings. The number of hydrogen-bond donors (Lipinski definition) is 1. The molecule has 4 heteroatoms. The minimum absolute atomic E-state index is 0.0638. The molecule has 0 fully saturated rings. The van der Waals surface area contributed by atoms with Gasteiger partial charge in [-0.3, -0.25) is 4.79 Å². The van der Waals surface area contributed by atoms with Crippen molar-refractivity contribution in [3.05, 3.63) is 23.8 Å². The van der Waals surface area contributed by atoms with E-state index in [0.717, 1.165) is 5.69 Å². The van der Waals surface area contributed by atoms with Crippen LogP contribution in [0.3, 0.4) is 0 Å². The van der Waals surface area contributed by atoms with Crippen LogP contribution < -0.4 is 5.32 Å². The van der Waals surface area contributed by atoms with E-state index in [1.807, 2.05) is 26.8 Å². The van der Waals surface area contributed by atoms with Crippen molar-refractivity contribution in [1.29, 1.82) is 0 Å². The highest BCUT2D eigenvalue weighted by Gasteiger charge is 2.17. The fourth-order valence-corrected chi connectivity index (χ4v) is 0.998. The molecule has 0 aliphatic heterocycles. The van der Waals surface area contributed by atoms with E-state index < -0.39 is 0 Å². The molecular formula is C10H15N3O. The Kier molecular flexibility index (Phi) is 2.84. The number of carbonyl (C=O) groups is 1. The zero-order valence-corrected chi connectivity index (χ0v) is 8.96. The standard InChI is InChI=1S/C10H15N3O/c1-10(2,3)7-5-6-12-8(13-7)9(14)11-4/h5-6H,1-4H3,(H,11,14). The molecule has 1 rings (SSSR count). The summed E-state index contributed by atoms with van der Waals surface area (Å²) in [6.45, 7) is 6.13. The fraction of sp³-hybridized carbons (Fsp3) is 0.500. The van der Waals surface area contributed by atoms with Crippen LogP contribution in [0.1, 0.15) is 37.1 Å². The third kappa shape index (κ3) is 2.28. The number of aromatic nitrogens is 2. The molecule has 0 saturated carbocycles. The van der Waals surface area contributed by atoms with E-state index in [4.69, 9.17) is 0 Å². The molecule has 0 spiro atoms. The van der Waals surface area contributed by atoms with E-state index in [-0.39, 0.29) is 17.1 Å². The minimum atomic E-state index is -0.254. The normalized spacial score (nSPS) is 11.1. The first kappa shape index (κ1) is 10.6. The van der Waals surface area contributed by atoms with Crippen molar-refractivity contribution in [2.45, 2.75) is 26.2 Å². The Hall–Kier alpha value is -1.45. The van der Waals surface area contributed by atoms with Crippen LogP contribution >= 0.6 is 0 Å². The van der Waals surface area contributed by atoms with Crippen LogP contribution in [-0.4, -0.2) is 22.9 Å². The van der Waals surface area contributed by atoms with Gasteiger partial charge in [0, 0.05) is 24.4 Å². The molecule has 1 amide bonds. The second-order valence-electron chi connectivity index (χ2n) is 4.09. The quantitative estimate of drug-likeness (QED) is 0.727. The van der Waals surface area contributed by atoms with Gasteiger partial charge in [0.25, 0.3) is 5.91 Å².